The van der Waals surface area contributed by atoms with Crippen molar-refractivity contribution >= 4 is 0 Å². The summed E-state index contributed by atoms with van der Waals surface area (Å²) in [6.45, 7) is 2.46. The standard InChI is InChI=1S/C9H15N3O3/c1-4-5-6-15-7-8(13)11(2)9(14)12(3)10-7/h4-6H2,1-3H3. The Kier molecular flexibility index (Phi) is 3.65. The maximum Gasteiger partial charge on any atom is 0.347 e. The van der Waals surface area contributed by atoms with Crippen LogP contribution < -0.4 is 16.0 Å². The Balaban J connectivity index is 3.00. The van der Waals surface area contributed by atoms with Crippen molar-refractivity contribution in [2.24, 2.45) is 14.1 Å². The van der Waals surface area contributed by atoms with Crippen LogP contribution in [0.5, 0.6) is 5.88 Å². The number of ether oxygens (including phenoxy) is 1. The fourth-order valence-electron chi connectivity index (χ4n) is 1.07. The third kappa shape index (κ3) is 2.45. The highest BCUT2D eigenvalue weighted by Crippen LogP contribution is 1.95. The molecule has 0 aliphatic carbocycles. The highest BCUT2D eigenvalue weighted by molar-refractivity contribution is 5.01. The summed E-state index contributed by atoms with van der Waals surface area (Å²) in [6.07, 6.45) is 1.83. The summed E-state index contributed by atoms with van der Waals surface area (Å²) in [5.41, 5.74) is -0.947. The first-order valence-corrected chi connectivity index (χ1v) is 4.85. The van der Waals surface area contributed by atoms with Crippen molar-refractivity contribution in [1.29, 1.82) is 0 Å². The Morgan fingerprint density at radius 2 is 2.00 bits per heavy atom. The first-order chi connectivity index (χ1) is 7.07. The van der Waals surface area contributed by atoms with Crippen molar-refractivity contribution in [2.45, 2.75) is 19.8 Å². The molecule has 0 radical (unpaired) electrons. The molecule has 1 heterocycles. The SMILES string of the molecule is CCCCOc1nn(C)c(=O)n(C)c1=O. The summed E-state index contributed by atoms with van der Waals surface area (Å²) in [6, 6.07) is 0. The lowest BCUT2D eigenvalue weighted by molar-refractivity contribution is 0.279. The van der Waals surface area contributed by atoms with Gasteiger partial charge in [-0.25, -0.2) is 9.48 Å². The van der Waals surface area contributed by atoms with E-state index in [0.717, 1.165) is 22.1 Å². The summed E-state index contributed by atoms with van der Waals surface area (Å²) in [5.74, 6) is -0.0203. The molecule has 1 aromatic heterocycles. The van der Waals surface area contributed by atoms with Crippen molar-refractivity contribution in [1.82, 2.24) is 14.3 Å². The van der Waals surface area contributed by atoms with Gasteiger partial charge in [0.25, 0.3) is 5.88 Å². The highest BCUT2D eigenvalue weighted by Gasteiger charge is 2.08. The summed E-state index contributed by atoms with van der Waals surface area (Å²) in [5, 5.41) is 3.75. The van der Waals surface area contributed by atoms with Crippen LogP contribution in [-0.4, -0.2) is 21.0 Å². The topological polar surface area (TPSA) is 66.1 Å². The van der Waals surface area contributed by atoms with E-state index in [1.165, 1.54) is 14.1 Å². The molecule has 0 bridgehead atoms. The van der Waals surface area contributed by atoms with E-state index >= 15 is 0 Å². The molecule has 0 aromatic carbocycles. The van der Waals surface area contributed by atoms with Crippen LogP contribution >= 0.6 is 0 Å². The molecule has 6 heteroatoms. The van der Waals surface area contributed by atoms with Gasteiger partial charge in [0, 0.05) is 14.1 Å². The Labute approximate surface area is 87.1 Å². The Morgan fingerprint density at radius 3 is 2.60 bits per heavy atom. The maximum atomic E-state index is 11.5. The van der Waals surface area contributed by atoms with Crippen molar-refractivity contribution in [3.05, 3.63) is 20.8 Å². The van der Waals surface area contributed by atoms with Crippen LogP contribution in [0.1, 0.15) is 19.8 Å². The average molecular weight is 213 g/mol. The van der Waals surface area contributed by atoms with Crippen LogP contribution in [0.15, 0.2) is 9.59 Å². The van der Waals surface area contributed by atoms with Gasteiger partial charge < -0.3 is 4.74 Å². The minimum absolute atomic E-state index is 0.0203. The number of aromatic nitrogens is 3. The van der Waals surface area contributed by atoms with E-state index in [1.807, 2.05) is 6.92 Å². The molecule has 6 nitrogen and oxygen atoms in total. The molecule has 0 fully saturated rings. The molecular formula is C9H15N3O3. The fraction of sp³-hybridized carbons (Fsp3) is 0.667. The van der Waals surface area contributed by atoms with Crippen molar-refractivity contribution in [3.63, 3.8) is 0 Å². The normalized spacial score (nSPS) is 10.3. The number of unbranched alkanes of at least 4 members (excludes halogenated alkanes) is 1. The predicted octanol–water partition coefficient (Wildman–Crippen LogP) is -0.342. The van der Waals surface area contributed by atoms with Crippen LogP contribution in [0.25, 0.3) is 0 Å². The summed E-state index contributed by atoms with van der Waals surface area (Å²) in [7, 11) is 2.88. The monoisotopic (exact) mass is 213 g/mol. The molecule has 84 valence electrons. The smallest absolute Gasteiger partial charge is 0.347 e. The molecule has 0 N–H and O–H groups in total. The number of aryl methyl sites for hydroxylation is 1. The maximum absolute atomic E-state index is 11.5. The van der Waals surface area contributed by atoms with Gasteiger partial charge in [0.15, 0.2) is 0 Å². The van der Waals surface area contributed by atoms with Crippen LogP contribution in [-0.2, 0) is 14.1 Å². The first-order valence-electron chi connectivity index (χ1n) is 4.85. The molecule has 0 aliphatic heterocycles. The molecule has 15 heavy (non-hydrogen) atoms. The van der Waals surface area contributed by atoms with E-state index < -0.39 is 11.2 Å². The lowest BCUT2D eigenvalue weighted by atomic mass is 10.4. The summed E-state index contributed by atoms with van der Waals surface area (Å²) in [4.78, 5) is 22.8. The zero-order valence-corrected chi connectivity index (χ0v) is 9.19. The van der Waals surface area contributed by atoms with Gasteiger partial charge in [0.05, 0.1) is 6.61 Å². The number of nitrogens with zero attached hydrogens (tertiary/aromatic N) is 3. The molecule has 0 unspecified atom stereocenters. The zero-order valence-electron chi connectivity index (χ0n) is 9.19. The average Bonchev–Trinajstić information content (AvgIpc) is 2.23. The third-order valence-corrected chi connectivity index (χ3v) is 2.03. The molecular weight excluding hydrogens is 198 g/mol. The summed E-state index contributed by atoms with van der Waals surface area (Å²) < 4.78 is 7.26. The van der Waals surface area contributed by atoms with E-state index in [4.69, 9.17) is 4.74 Å². The molecule has 0 amide bonds. The van der Waals surface area contributed by atoms with E-state index in [-0.39, 0.29) is 5.88 Å². The molecule has 0 aliphatic rings. The predicted molar refractivity (Wildman–Crippen MR) is 55.1 cm³/mol. The van der Waals surface area contributed by atoms with Gasteiger partial charge in [-0.1, -0.05) is 13.3 Å². The zero-order chi connectivity index (χ0) is 11.4. The van der Waals surface area contributed by atoms with Gasteiger partial charge in [-0.05, 0) is 6.42 Å². The Hall–Kier alpha value is -1.59. The van der Waals surface area contributed by atoms with Crippen molar-refractivity contribution in [2.75, 3.05) is 6.61 Å². The van der Waals surface area contributed by atoms with E-state index in [2.05, 4.69) is 5.10 Å². The fourth-order valence-corrected chi connectivity index (χ4v) is 1.07. The second kappa shape index (κ2) is 4.77. The number of hydrogen-bond acceptors (Lipinski definition) is 4. The molecule has 0 atom stereocenters. The van der Waals surface area contributed by atoms with Crippen LogP contribution in [0.3, 0.4) is 0 Å². The largest absolute Gasteiger partial charge is 0.473 e. The highest BCUT2D eigenvalue weighted by atomic mass is 16.5. The van der Waals surface area contributed by atoms with Gasteiger partial charge in [0.2, 0.25) is 0 Å². The van der Waals surface area contributed by atoms with E-state index in [1.54, 1.807) is 0 Å². The molecule has 0 spiro atoms. The van der Waals surface area contributed by atoms with Crippen molar-refractivity contribution < 1.29 is 4.74 Å². The molecule has 0 saturated heterocycles. The minimum Gasteiger partial charge on any atom is -0.473 e. The van der Waals surface area contributed by atoms with Gasteiger partial charge in [0.1, 0.15) is 0 Å². The van der Waals surface area contributed by atoms with Gasteiger partial charge in [-0.2, -0.15) is 0 Å². The van der Waals surface area contributed by atoms with E-state index in [0.29, 0.717) is 6.61 Å². The van der Waals surface area contributed by atoms with Crippen LogP contribution in [0.4, 0.5) is 0 Å². The first kappa shape index (κ1) is 11.5. The Bertz CT molecular complexity index is 447. The van der Waals surface area contributed by atoms with Crippen LogP contribution in [0.2, 0.25) is 0 Å². The second-order valence-electron chi connectivity index (χ2n) is 3.28. The number of rotatable bonds is 4. The quantitative estimate of drug-likeness (QED) is 0.642. The number of hydrogen-bond donors (Lipinski definition) is 0. The minimum atomic E-state index is -0.491. The molecule has 1 aromatic rings. The third-order valence-electron chi connectivity index (χ3n) is 2.03. The van der Waals surface area contributed by atoms with Gasteiger partial charge >= 0.3 is 11.2 Å². The molecule has 1 rings (SSSR count). The lowest BCUT2D eigenvalue weighted by Crippen LogP contribution is -2.39. The summed E-state index contributed by atoms with van der Waals surface area (Å²) >= 11 is 0. The van der Waals surface area contributed by atoms with Gasteiger partial charge in [-0.3, -0.25) is 9.36 Å². The van der Waals surface area contributed by atoms with E-state index in [9.17, 15) is 9.59 Å². The Morgan fingerprint density at radius 1 is 1.33 bits per heavy atom. The second-order valence-corrected chi connectivity index (χ2v) is 3.28. The lowest BCUT2D eigenvalue weighted by Gasteiger charge is -2.06. The van der Waals surface area contributed by atoms with Crippen molar-refractivity contribution in [3.8, 4) is 5.88 Å². The van der Waals surface area contributed by atoms with Crippen LogP contribution in [0, 0.1) is 0 Å². The molecule has 0 saturated carbocycles. The van der Waals surface area contributed by atoms with Gasteiger partial charge in [-0.15, -0.1) is 5.10 Å².